The highest BCUT2D eigenvalue weighted by Gasteiger charge is 2.13. The number of aryl methyl sites for hydroxylation is 1. The second-order valence-electron chi connectivity index (χ2n) is 5.46. The van der Waals surface area contributed by atoms with E-state index in [4.69, 9.17) is 16.2 Å². The quantitative estimate of drug-likeness (QED) is 0.716. The first-order valence-corrected chi connectivity index (χ1v) is 7.59. The SMILES string of the molecule is CCOc1ccc(C=O)cc1-c1cc2nc(N)nc(N)c2cc1C. The summed E-state index contributed by atoms with van der Waals surface area (Å²) in [5.74, 6) is 1.18. The molecule has 0 atom stereocenters. The number of aldehydes is 1. The summed E-state index contributed by atoms with van der Waals surface area (Å²) in [5, 5.41) is 0.745. The zero-order chi connectivity index (χ0) is 17.3. The van der Waals surface area contributed by atoms with Crippen molar-refractivity contribution in [1.82, 2.24) is 9.97 Å². The number of rotatable bonds is 4. The lowest BCUT2D eigenvalue weighted by Crippen LogP contribution is -2.01. The summed E-state index contributed by atoms with van der Waals surface area (Å²) in [7, 11) is 0. The second kappa shape index (κ2) is 6.16. The van der Waals surface area contributed by atoms with Gasteiger partial charge in [0.05, 0.1) is 12.1 Å². The van der Waals surface area contributed by atoms with Crippen molar-refractivity contribution < 1.29 is 9.53 Å². The van der Waals surface area contributed by atoms with Crippen LogP contribution in [0.2, 0.25) is 0 Å². The first kappa shape index (κ1) is 15.7. The lowest BCUT2D eigenvalue weighted by Gasteiger charge is -2.14. The van der Waals surface area contributed by atoms with Crippen LogP contribution in [-0.4, -0.2) is 22.9 Å². The van der Waals surface area contributed by atoms with Crippen molar-refractivity contribution in [3.63, 3.8) is 0 Å². The van der Waals surface area contributed by atoms with Crippen LogP contribution >= 0.6 is 0 Å². The molecule has 0 saturated carbocycles. The molecule has 3 aromatic rings. The number of nitrogens with zero attached hydrogens (tertiary/aromatic N) is 2. The van der Waals surface area contributed by atoms with Crippen LogP contribution in [0.15, 0.2) is 30.3 Å². The van der Waals surface area contributed by atoms with Crippen molar-refractivity contribution in [3.8, 4) is 16.9 Å². The number of fused-ring (bicyclic) bond motifs is 1. The average molecular weight is 322 g/mol. The topological polar surface area (TPSA) is 104 Å². The molecule has 3 rings (SSSR count). The number of nitrogen functional groups attached to an aromatic ring is 2. The molecule has 0 aliphatic carbocycles. The molecule has 0 aliphatic heterocycles. The number of ether oxygens (including phenoxy) is 1. The molecular formula is C18H18N4O2. The van der Waals surface area contributed by atoms with Gasteiger partial charge < -0.3 is 16.2 Å². The van der Waals surface area contributed by atoms with E-state index >= 15 is 0 Å². The zero-order valence-corrected chi connectivity index (χ0v) is 13.5. The second-order valence-corrected chi connectivity index (χ2v) is 5.46. The molecule has 2 aromatic carbocycles. The molecule has 0 aliphatic rings. The molecule has 1 heterocycles. The normalized spacial score (nSPS) is 10.8. The van der Waals surface area contributed by atoms with Gasteiger partial charge >= 0.3 is 0 Å². The van der Waals surface area contributed by atoms with Gasteiger partial charge in [0.1, 0.15) is 17.9 Å². The maximum absolute atomic E-state index is 11.2. The van der Waals surface area contributed by atoms with Crippen LogP contribution in [-0.2, 0) is 0 Å². The Hall–Kier alpha value is -3.15. The number of hydrogen-bond donors (Lipinski definition) is 2. The molecule has 0 amide bonds. The molecule has 0 spiro atoms. The summed E-state index contributed by atoms with van der Waals surface area (Å²) in [4.78, 5) is 19.4. The van der Waals surface area contributed by atoms with Gasteiger partial charge in [-0.25, -0.2) is 4.98 Å². The summed E-state index contributed by atoms with van der Waals surface area (Å²) in [6.45, 7) is 4.41. The molecule has 0 unspecified atom stereocenters. The molecule has 0 saturated heterocycles. The molecule has 6 nitrogen and oxygen atoms in total. The van der Waals surface area contributed by atoms with E-state index in [-0.39, 0.29) is 5.95 Å². The van der Waals surface area contributed by atoms with E-state index in [0.717, 1.165) is 28.4 Å². The van der Waals surface area contributed by atoms with Crippen LogP contribution in [0.1, 0.15) is 22.8 Å². The third-order valence-electron chi connectivity index (χ3n) is 3.82. The smallest absolute Gasteiger partial charge is 0.222 e. The molecule has 0 bridgehead atoms. The molecule has 122 valence electrons. The van der Waals surface area contributed by atoms with Crippen LogP contribution in [0.4, 0.5) is 11.8 Å². The summed E-state index contributed by atoms with van der Waals surface area (Å²) in [6.07, 6.45) is 0.813. The molecule has 6 heteroatoms. The van der Waals surface area contributed by atoms with E-state index in [1.165, 1.54) is 0 Å². The molecule has 4 N–H and O–H groups in total. The fourth-order valence-corrected chi connectivity index (χ4v) is 2.73. The Kier molecular flexibility index (Phi) is 4.04. The lowest BCUT2D eigenvalue weighted by molar-refractivity contribution is 0.112. The number of hydrogen-bond acceptors (Lipinski definition) is 6. The van der Waals surface area contributed by atoms with Gasteiger partial charge in [0.2, 0.25) is 5.95 Å². The van der Waals surface area contributed by atoms with Crippen molar-refractivity contribution in [2.45, 2.75) is 13.8 Å². The number of nitrogens with two attached hydrogens (primary N) is 2. The average Bonchev–Trinajstić information content (AvgIpc) is 2.56. The predicted molar refractivity (Wildman–Crippen MR) is 95.1 cm³/mol. The number of benzene rings is 2. The highest BCUT2D eigenvalue weighted by Crippen LogP contribution is 2.36. The largest absolute Gasteiger partial charge is 0.493 e. The minimum Gasteiger partial charge on any atom is -0.493 e. The van der Waals surface area contributed by atoms with Gasteiger partial charge in [0, 0.05) is 16.5 Å². The van der Waals surface area contributed by atoms with E-state index in [9.17, 15) is 4.79 Å². The van der Waals surface area contributed by atoms with Gasteiger partial charge in [-0.15, -0.1) is 0 Å². The van der Waals surface area contributed by atoms with Crippen LogP contribution in [0.25, 0.3) is 22.0 Å². The van der Waals surface area contributed by atoms with E-state index in [1.54, 1.807) is 18.2 Å². The zero-order valence-electron chi connectivity index (χ0n) is 13.5. The van der Waals surface area contributed by atoms with Gasteiger partial charge in [-0.2, -0.15) is 4.98 Å². The molecule has 24 heavy (non-hydrogen) atoms. The Labute approximate surface area is 139 Å². The number of carbonyl (C=O) groups is 1. The molecule has 1 aromatic heterocycles. The van der Waals surface area contributed by atoms with E-state index < -0.39 is 0 Å². The fraction of sp³-hybridized carbons (Fsp3) is 0.167. The van der Waals surface area contributed by atoms with Gasteiger partial charge in [-0.3, -0.25) is 4.79 Å². The van der Waals surface area contributed by atoms with Crippen LogP contribution in [0.5, 0.6) is 5.75 Å². The minimum absolute atomic E-state index is 0.126. The first-order valence-electron chi connectivity index (χ1n) is 7.59. The third-order valence-corrected chi connectivity index (χ3v) is 3.82. The standard InChI is InChI=1S/C18H18N4O2/c1-3-24-16-5-4-11(9-23)7-13(16)12-8-15-14(6-10(12)2)17(19)22-18(20)21-15/h4-9H,3H2,1-2H3,(H4,19,20,21,22). The van der Waals surface area contributed by atoms with E-state index in [2.05, 4.69) is 9.97 Å². The maximum Gasteiger partial charge on any atom is 0.222 e. The van der Waals surface area contributed by atoms with Crippen molar-refractivity contribution in [1.29, 1.82) is 0 Å². The summed E-state index contributed by atoms with van der Waals surface area (Å²) in [5.41, 5.74) is 15.6. The maximum atomic E-state index is 11.2. The predicted octanol–water partition coefficient (Wildman–Crippen LogP) is 2.98. The summed E-state index contributed by atoms with van der Waals surface area (Å²) in [6, 6.07) is 9.15. The highest BCUT2D eigenvalue weighted by molar-refractivity contribution is 5.94. The Morgan fingerprint density at radius 1 is 1.12 bits per heavy atom. The Bertz CT molecular complexity index is 938. The van der Waals surface area contributed by atoms with Gasteiger partial charge in [-0.1, -0.05) is 0 Å². The van der Waals surface area contributed by atoms with E-state index in [0.29, 0.717) is 29.3 Å². The summed E-state index contributed by atoms with van der Waals surface area (Å²) >= 11 is 0. The van der Waals surface area contributed by atoms with Gasteiger partial charge in [0.25, 0.3) is 0 Å². The third kappa shape index (κ3) is 2.74. The van der Waals surface area contributed by atoms with Crippen LogP contribution in [0.3, 0.4) is 0 Å². The molecule has 0 radical (unpaired) electrons. The summed E-state index contributed by atoms with van der Waals surface area (Å²) < 4.78 is 5.71. The first-order chi connectivity index (χ1) is 11.5. The number of anilines is 2. The van der Waals surface area contributed by atoms with Crippen molar-refractivity contribution in [3.05, 3.63) is 41.5 Å². The van der Waals surface area contributed by atoms with Crippen molar-refractivity contribution in [2.75, 3.05) is 18.1 Å². The Balaban J connectivity index is 2.29. The number of carbonyl (C=O) groups excluding carboxylic acids is 1. The number of aromatic nitrogens is 2. The van der Waals surface area contributed by atoms with Gasteiger partial charge in [-0.05, 0) is 55.3 Å². The van der Waals surface area contributed by atoms with Crippen LogP contribution in [0, 0.1) is 6.92 Å². The van der Waals surface area contributed by atoms with Gasteiger partial charge in [0.15, 0.2) is 0 Å². The van der Waals surface area contributed by atoms with Crippen LogP contribution < -0.4 is 16.2 Å². The monoisotopic (exact) mass is 322 g/mol. The molecular weight excluding hydrogens is 304 g/mol. The minimum atomic E-state index is 0.126. The highest BCUT2D eigenvalue weighted by atomic mass is 16.5. The Morgan fingerprint density at radius 3 is 2.62 bits per heavy atom. The lowest BCUT2D eigenvalue weighted by atomic mass is 9.96. The van der Waals surface area contributed by atoms with E-state index in [1.807, 2.05) is 26.0 Å². The fourth-order valence-electron chi connectivity index (χ4n) is 2.73. The molecule has 0 fully saturated rings. The Morgan fingerprint density at radius 2 is 1.92 bits per heavy atom. The van der Waals surface area contributed by atoms with Crippen molar-refractivity contribution >= 4 is 29.0 Å². The van der Waals surface area contributed by atoms with Crippen molar-refractivity contribution in [2.24, 2.45) is 0 Å².